The number of hydrogen-bond donors (Lipinski definition) is 1. The van der Waals surface area contributed by atoms with E-state index in [2.05, 4.69) is 10.4 Å². The molecule has 2 aromatic rings. The van der Waals surface area contributed by atoms with Gasteiger partial charge in [0.2, 0.25) is 0 Å². The van der Waals surface area contributed by atoms with Crippen LogP contribution in [0.1, 0.15) is 15.9 Å². The second kappa shape index (κ2) is 6.46. The first kappa shape index (κ1) is 16.5. The van der Waals surface area contributed by atoms with Crippen LogP contribution in [0.5, 0.6) is 0 Å². The van der Waals surface area contributed by atoms with E-state index in [1.807, 2.05) is 0 Å². The van der Waals surface area contributed by atoms with Gasteiger partial charge in [0.15, 0.2) is 0 Å². The van der Waals surface area contributed by atoms with Gasteiger partial charge in [-0.1, -0.05) is 6.07 Å². The topological polar surface area (TPSA) is 90.1 Å². The molecule has 10 heteroatoms. The van der Waals surface area contributed by atoms with E-state index in [0.717, 1.165) is 24.4 Å². The third-order valence-corrected chi connectivity index (χ3v) is 2.91. The summed E-state index contributed by atoms with van der Waals surface area (Å²) in [7, 11) is 0. The molecule has 1 aromatic carbocycles. The van der Waals surface area contributed by atoms with Crippen molar-refractivity contribution in [3.05, 3.63) is 57.9 Å². The molecule has 0 saturated heterocycles. The van der Waals surface area contributed by atoms with E-state index in [1.165, 1.54) is 16.9 Å². The fourth-order valence-electron chi connectivity index (χ4n) is 1.79. The van der Waals surface area contributed by atoms with Crippen molar-refractivity contribution in [2.45, 2.75) is 12.7 Å². The van der Waals surface area contributed by atoms with Crippen molar-refractivity contribution in [2.75, 3.05) is 6.54 Å². The Morgan fingerprint density at radius 2 is 2.13 bits per heavy atom. The molecule has 122 valence electrons. The van der Waals surface area contributed by atoms with Crippen molar-refractivity contribution in [1.82, 2.24) is 15.1 Å². The number of benzene rings is 1. The molecule has 0 atom stereocenters. The van der Waals surface area contributed by atoms with Crippen molar-refractivity contribution in [3.8, 4) is 0 Å². The summed E-state index contributed by atoms with van der Waals surface area (Å²) in [5, 5.41) is 16.6. The maximum atomic E-state index is 12.6. The molecular formula is C13H11F3N4O3. The number of carbonyl (C=O) groups is 1. The van der Waals surface area contributed by atoms with Crippen LogP contribution in [0, 0.1) is 10.1 Å². The van der Waals surface area contributed by atoms with E-state index in [0.29, 0.717) is 0 Å². The molecule has 1 aromatic heterocycles. The molecule has 0 aliphatic carbocycles. The van der Waals surface area contributed by atoms with E-state index in [9.17, 15) is 28.1 Å². The van der Waals surface area contributed by atoms with Gasteiger partial charge in [-0.05, 0) is 18.2 Å². The Balaban J connectivity index is 1.93. The quantitative estimate of drug-likeness (QED) is 0.673. The van der Waals surface area contributed by atoms with Gasteiger partial charge >= 0.3 is 11.9 Å². The first-order valence-corrected chi connectivity index (χ1v) is 6.39. The SMILES string of the molecule is O=C(NCCn1cc([N+](=O)[O-])cn1)c1cccc(C(F)(F)F)c1. The molecule has 23 heavy (non-hydrogen) atoms. The fourth-order valence-corrected chi connectivity index (χ4v) is 1.79. The van der Waals surface area contributed by atoms with Gasteiger partial charge in [-0.3, -0.25) is 19.6 Å². The number of alkyl halides is 3. The van der Waals surface area contributed by atoms with E-state index in [-0.39, 0.29) is 24.3 Å². The van der Waals surface area contributed by atoms with Crippen LogP contribution in [-0.2, 0) is 12.7 Å². The molecule has 1 amide bonds. The molecule has 0 fully saturated rings. The van der Waals surface area contributed by atoms with E-state index < -0.39 is 22.6 Å². The van der Waals surface area contributed by atoms with Gasteiger partial charge in [-0.25, -0.2) is 0 Å². The van der Waals surface area contributed by atoms with Gasteiger partial charge in [-0.15, -0.1) is 0 Å². The van der Waals surface area contributed by atoms with E-state index >= 15 is 0 Å². The van der Waals surface area contributed by atoms with E-state index in [1.54, 1.807) is 0 Å². The number of carbonyl (C=O) groups excluding carboxylic acids is 1. The van der Waals surface area contributed by atoms with Crippen molar-refractivity contribution in [3.63, 3.8) is 0 Å². The van der Waals surface area contributed by atoms with Crippen LogP contribution in [0.4, 0.5) is 18.9 Å². The fraction of sp³-hybridized carbons (Fsp3) is 0.231. The van der Waals surface area contributed by atoms with Crippen LogP contribution in [0.2, 0.25) is 0 Å². The largest absolute Gasteiger partial charge is 0.416 e. The number of aromatic nitrogens is 2. The monoisotopic (exact) mass is 328 g/mol. The predicted molar refractivity (Wildman–Crippen MR) is 72.7 cm³/mol. The summed E-state index contributed by atoms with van der Waals surface area (Å²) in [4.78, 5) is 21.7. The number of nitrogens with one attached hydrogen (secondary N) is 1. The summed E-state index contributed by atoms with van der Waals surface area (Å²) in [6.45, 7) is 0.215. The Bertz CT molecular complexity index is 727. The number of nitro groups is 1. The molecule has 1 N–H and O–H groups in total. The zero-order valence-electron chi connectivity index (χ0n) is 11.6. The van der Waals surface area contributed by atoms with Crippen LogP contribution >= 0.6 is 0 Å². The highest BCUT2D eigenvalue weighted by Crippen LogP contribution is 2.29. The van der Waals surface area contributed by atoms with Gasteiger partial charge in [0.25, 0.3) is 5.91 Å². The number of nitrogens with zero attached hydrogens (tertiary/aromatic N) is 3. The number of rotatable bonds is 5. The summed E-state index contributed by atoms with van der Waals surface area (Å²) < 4.78 is 39.0. The van der Waals surface area contributed by atoms with Crippen LogP contribution in [-0.4, -0.2) is 27.2 Å². The predicted octanol–water partition coefficient (Wildman–Crippen LogP) is 2.24. The lowest BCUT2D eigenvalue weighted by Crippen LogP contribution is -2.27. The standard InChI is InChI=1S/C13H11F3N4O3/c14-13(15,16)10-3-1-2-9(6-10)12(21)17-4-5-19-8-11(7-18-19)20(22)23/h1-3,6-8H,4-5H2,(H,17,21). The average molecular weight is 328 g/mol. The highest BCUT2D eigenvalue weighted by molar-refractivity contribution is 5.94. The molecular weight excluding hydrogens is 317 g/mol. The normalized spacial score (nSPS) is 11.3. The van der Waals surface area contributed by atoms with Crippen LogP contribution < -0.4 is 5.32 Å². The second-order valence-corrected chi connectivity index (χ2v) is 4.55. The lowest BCUT2D eigenvalue weighted by molar-refractivity contribution is -0.385. The first-order chi connectivity index (χ1) is 10.8. The maximum Gasteiger partial charge on any atom is 0.416 e. The van der Waals surface area contributed by atoms with Crippen LogP contribution in [0.15, 0.2) is 36.7 Å². The summed E-state index contributed by atoms with van der Waals surface area (Å²) >= 11 is 0. The van der Waals surface area contributed by atoms with Gasteiger partial charge in [-0.2, -0.15) is 18.3 Å². The Hall–Kier alpha value is -2.91. The summed E-state index contributed by atoms with van der Waals surface area (Å²) in [6, 6.07) is 4.05. The van der Waals surface area contributed by atoms with Gasteiger partial charge in [0.05, 0.1) is 17.0 Å². The summed E-state index contributed by atoms with van der Waals surface area (Å²) in [5.74, 6) is -0.669. The lowest BCUT2D eigenvalue weighted by atomic mass is 10.1. The highest BCUT2D eigenvalue weighted by atomic mass is 19.4. The first-order valence-electron chi connectivity index (χ1n) is 6.39. The zero-order chi connectivity index (χ0) is 17.0. The highest BCUT2D eigenvalue weighted by Gasteiger charge is 2.30. The minimum atomic E-state index is -4.52. The van der Waals surface area contributed by atoms with Gasteiger partial charge in [0.1, 0.15) is 12.4 Å². The lowest BCUT2D eigenvalue weighted by Gasteiger charge is -2.09. The number of hydrogen-bond acceptors (Lipinski definition) is 4. The molecule has 0 aliphatic rings. The third kappa shape index (κ3) is 4.28. The summed E-state index contributed by atoms with van der Waals surface area (Å²) in [5.41, 5.74) is -1.21. The maximum absolute atomic E-state index is 12.6. The molecule has 7 nitrogen and oxygen atoms in total. The molecule has 0 unspecified atom stereocenters. The number of halogens is 3. The summed E-state index contributed by atoms with van der Waals surface area (Å²) in [6.07, 6.45) is -2.27. The average Bonchev–Trinajstić information content (AvgIpc) is 2.95. The number of amides is 1. The van der Waals surface area contributed by atoms with Crippen molar-refractivity contribution < 1.29 is 22.9 Å². The molecule has 0 radical (unpaired) electrons. The van der Waals surface area contributed by atoms with Crippen molar-refractivity contribution in [2.24, 2.45) is 0 Å². The molecule has 0 aliphatic heterocycles. The zero-order valence-corrected chi connectivity index (χ0v) is 11.6. The Morgan fingerprint density at radius 1 is 1.39 bits per heavy atom. The minimum absolute atomic E-state index is 0.0634. The van der Waals surface area contributed by atoms with E-state index in [4.69, 9.17) is 0 Å². The van der Waals surface area contributed by atoms with Gasteiger partial charge in [0, 0.05) is 12.1 Å². The van der Waals surface area contributed by atoms with Crippen LogP contribution in [0.25, 0.3) is 0 Å². The molecule has 0 spiro atoms. The third-order valence-electron chi connectivity index (χ3n) is 2.91. The van der Waals surface area contributed by atoms with Gasteiger partial charge < -0.3 is 5.32 Å². The molecule has 0 bridgehead atoms. The Morgan fingerprint density at radius 3 is 2.74 bits per heavy atom. The molecule has 2 rings (SSSR count). The second-order valence-electron chi connectivity index (χ2n) is 4.55. The Labute approximate surface area is 127 Å². The smallest absolute Gasteiger partial charge is 0.350 e. The Kier molecular flexibility index (Phi) is 4.63. The van der Waals surface area contributed by atoms with Crippen molar-refractivity contribution in [1.29, 1.82) is 0 Å². The molecule has 1 heterocycles. The minimum Gasteiger partial charge on any atom is -0.350 e. The molecule has 0 saturated carbocycles. The van der Waals surface area contributed by atoms with Crippen LogP contribution in [0.3, 0.4) is 0 Å². The van der Waals surface area contributed by atoms with Crippen molar-refractivity contribution >= 4 is 11.6 Å².